The molecule has 0 saturated heterocycles. The van der Waals surface area contributed by atoms with Crippen molar-refractivity contribution in [3.8, 4) is 0 Å². The first-order valence-corrected chi connectivity index (χ1v) is 4.25. The molecular weight excluding hydrogens is 186 g/mol. The van der Waals surface area contributed by atoms with Crippen molar-refractivity contribution in [2.45, 2.75) is 6.42 Å². The molecule has 1 aromatic rings. The average molecular weight is 195 g/mol. The van der Waals surface area contributed by atoms with Crippen LogP contribution < -0.4 is 5.32 Å². The SMILES string of the molecule is O=C(O)C1CC1C(=O)Nc1ccco1. The molecule has 2 N–H and O–H groups in total. The second-order valence-corrected chi connectivity index (χ2v) is 3.25. The summed E-state index contributed by atoms with van der Waals surface area (Å²) in [5, 5.41) is 11.1. The van der Waals surface area contributed by atoms with Gasteiger partial charge in [-0.05, 0) is 12.5 Å². The Morgan fingerprint density at radius 1 is 1.50 bits per heavy atom. The van der Waals surface area contributed by atoms with Crippen LogP contribution in [0, 0.1) is 11.8 Å². The Hall–Kier alpha value is -1.78. The van der Waals surface area contributed by atoms with E-state index in [9.17, 15) is 9.59 Å². The number of carbonyl (C=O) groups excluding carboxylic acids is 1. The van der Waals surface area contributed by atoms with Gasteiger partial charge in [-0.2, -0.15) is 0 Å². The van der Waals surface area contributed by atoms with Crippen molar-refractivity contribution in [1.82, 2.24) is 0 Å². The van der Waals surface area contributed by atoms with Crippen LogP contribution in [0.5, 0.6) is 0 Å². The predicted octanol–water partition coefficient (Wildman–Crippen LogP) is 0.939. The first kappa shape index (κ1) is 8.80. The molecule has 1 amide bonds. The molecule has 0 radical (unpaired) electrons. The molecule has 2 rings (SSSR count). The quantitative estimate of drug-likeness (QED) is 0.752. The number of carbonyl (C=O) groups is 2. The summed E-state index contributed by atoms with van der Waals surface area (Å²) in [6.07, 6.45) is 1.86. The molecule has 5 heteroatoms. The zero-order valence-electron chi connectivity index (χ0n) is 7.27. The molecule has 2 unspecified atom stereocenters. The Bertz CT molecular complexity index is 357. The van der Waals surface area contributed by atoms with Crippen LogP contribution >= 0.6 is 0 Å². The van der Waals surface area contributed by atoms with E-state index in [1.165, 1.54) is 6.26 Å². The average Bonchev–Trinajstić information content (AvgIpc) is 2.80. The van der Waals surface area contributed by atoms with Crippen molar-refractivity contribution in [3.05, 3.63) is 18.4 Å². The van der Waals surface area contributed by atoms with Crippen LogP contribution in [0.2, 0.25) is 0 Å². The van der Waals surface area contributed by atoms with Crippen LogP contribution in [0.25, 0.3) is 0 Å². The van der Waals surface area contributed by atoms with E-state index in [0.29, 0.717) is 12.3 Å². The fourth-order valence-electron chi connectivity index (χ4n) is 1.32. The number of rotatable bonds is 3. The summed E-state index contributed by atoms with van der Waals surface area (Å²) in [5.41, 5.74) is 0. The zero-order valence-corrected chi connectivity index (χ0v) is 7.27. The maximum Gasteiger partial charge on any atom is 0.307 e. The van der Waals surface area contributed by atoms with E-state index < -0.39 is 17.8 Å². The Balaban J connectivity index is 1.90. The maximum atomic E-state index is 11.4. The zero-order chi connectivity index (χ0) is 10.1. The highest BCUT2D eigenvalue weighted by Crippen LogP contribution is 2.39. The smallest absolute Gasteiger partial charge is 0.307 e. The third-order valence-corrected chi connectivity index (χ3v) is 2.21. The Kier molecular flexibility index (Phi) is 1.99. The van der Waals surface area contributed by atoms with Crippen molar-refractivity contribution in [2.24, 2.45) is 11.8 Å². The van der Waals surface area contributed by atoms with Gasteiger partial charge < -0.3 is 9.52 Å². The molecule has 74 valence electrons. The molecule has 0 spiro atoms. The van der Waals surface area contributed by atoms with E-state index in [2.05, 4.69) is 5.32 Å². The van der Waals surface area contributed by atoms with Crippen molar-refractivity contribution in [3.63, 3.8) is 0 Å². The predicted molar refractivity (Wildman–Crippen MR) is 46.6 cm³/mol. The molecule has 2 atom stereocenters. The maximum absolute atomic E-state index is 11.4. The molecule has 0 bridgehead atoms. The minimum Gasteiger partial charge on any atom is -0.481 e. The van der Waals surface area contributed by atoms with Gasteiger partial charge in [-0.1, -0.05) is 0 Å². The number of amides is 1. The third kappa shape index (κ3) is 1.61. The van der Waals surface area contributed by atoms with E-state index in [1.54, 1.807) is 12.1 Å². The van der Waals surface area contributed by atoms with E-state index >= 15 is 0 Å². The van der Waals surface area contributed by atoms with E-state index in [-0.39, 0.29) is 5.91 Å². The Morgan fingerprint density at radius 2 is 2.29 bits per heavy atom. The summed E-state index contributed by atoms with van der Waals surface area (Å²) < 4.78 is 4.90. The van der Waals surface area contributed by atoms with Crippen LogP contribution in [0.3, 0.4) is 0 Å². The van der Waals surface area contributed by atoms with E-state index in [1.807, 2.05) is 0 Å². The van der Waals surface area contributed by atoms with Crippen molar-refractivity contribution >= 4 is 17.8 Å². The molecule has 1 saturated carbocycles. The van der Waals surface area contributed by atoms with Gasteiger partial charge in [0.1, 0.15) is 0 Å². The highest BCUT2D eigenvalue weighted by Gasteiger charge is 2.48. The van der Waals surface area contributed by atoms with Gasteiger partial charge in [0.05, 0.1) is 18.1 Å². The van der Waals surface area contributed by atoms with Gasteiger partial charge in [-0.25, -0.2) is 0 Å². The lowest BCUT2D eigenvalue weighted by molar-refractivity contribution is -0.139. The normalized spacial score (nSPS) is 24.3. The molecule has 1 aromatic heterocycles. The van der Waals surface area contributed by atoms with Crippen molar-refractivity contribution in [2.75, 3.05) is 5.32 Å². The van der Waals surface area contributed by atoms with Crippen LogP contribution in [0.15, 0.2) is 22.8 Å². The molecule has 1 fully saturated rings. The summed E-state index contributed by atoms with van der Waals surface area (Å²) in [7, 11) is 0. The summed E-state index contributed by atoms with van der Waals surface area (Å²) in [5.74, 6) is -1.77. The van der Waals surface area contributed by atoms with Gasteiger partial charge in [0.15, 0.2) is 5.88 Å². The lowest BCUT2D eigenvalue weighted by Crippen LogP contribution is -2.16. The number of hydrogen-bond acceptors (Lipinski definition) is 3. The monoisotopic (exact) mass is 195 g/mol. The van der Waals surface area contributed by atoms with Gasteiger partial charge in [-0.15, -0.1) is 0 Å². The number of nitrogens with one attached hydrogen (secondary N) is 1. The lowest BCUT2D eigenvalue weighted by atomic mass is 10.3. The fraction of sp³-hybridized carbons (Fsp3) is 0.333. The topological polar surface area (TPSA) is 79.5 Å². The second kappa shape index (κ2) is 3.17. The number of carboxylic acid groups (broad SMARTS) is 1. The van der Waals surface area contributed by atoms with Gasteiger partial charge in [0, 0.05) is 6.07 Å². The number of aliphatic carboxylic acids is 1. The van der Waals surface area contributed by atoms with Gasteiger partial charge in [-0.3, -0.25) is 14.9 Å². The molecule has 14 heavy (non-hydrogen) atoms. The highest BCUT2D eigenvalue weighted by molar-refractivity contribution is 5.97. The minimum absolute atomic E-state index is 0.285. The standard InChI is InChI=1S/C9H9NO4/c11-8(5-4-6(5)9(12)13)10-7-2-1-3-14-7/h1-3,5-6H,4H2,(H,10,11)(H,12,13). The minimum atomic E-state index is -0.912. The molecule has 1 aliphatic rings. The van der Waals surface area contributed by atoms with Crippen LogP contribution in [0.4, 0.5) is 5.88 Å². The Morgan fingerprint density at radius 3 is 2.79 bits per heavy atom. The van der Waals surface area contributed by atoms with Crippen LogP contribution in [-0.4, -0.2) is 17.0 Å². The number of carboxylic acids is 1. The Labute approximate surface area is 79.7 Å². The number of hydrogen-bond donors (Lipinski definition) is 2. The van der Waals surface area contributed by atoms with E-state index in [0.717, 1.165) is 0 Å². The summed E-state index contributed by atoms with van der Waals surface area (Å²) in [6, 6.07) is 3.26. The van der Waals surface area contributed by atoms with Crippen molar-refractivity contribution < 1.29 is 19.1 Å². The highest BCUT2D eigenvalue weighted by atomic mass is 16.4. The lowest BCUT2D eigenvalue weighted by Gasteiger charge is -1.98. The van der Waals surface area contributed by atoms with Gasteiger partial charge >= 0.3 is 5.97 Å². The van der Waals surface area contributed by atoms with Crippen LogP contribution in [0.1, 0.15) is 6.42 Å². The molecule has 0 aromatic carbocycles. The van der Waals surface area contributed by atoms with E-state index in [4.69, 9.17) is 9.52 Å². The summed E-state index contributed by atoms with van der Waals surface area (Å²) >= 11 is 0. The molecular formula is C9H9NO4. The number of furan rings is 1. The largest absolute Gasteiger partial charge is 0.481 e. The molecule has 5 nitrogen and oxygen atoms in total. The van der Waals surface area contributed by atoms with Gasteiger partial charge in [0.2, 0.25) is 5.91 Å². The number of anilines is 1. The summed E-state index contributed by atoms with van der Waals surface area (Å²) in [6.45, 7) is 0. The molecule has 1 aliphatic carbocycles. The molecule has 1 heterocycles. The van der Waals surface area contributed by atoms with Gasteiger partial charge in [0.25, 0.3) is 0 Å². The third-order valence-electron chi connectivity index (χ3n) is 2.21. The second-order valence-electron chi connectivity index (χ2n) is 3.25. The first-order valence-electron chi connectivity index (χ1n) is 4.25. The summed E-state index contributed by atoms with van der Waals surface area (Å²) in [4.78, 5) is 21.8. The van der Waals surface area contributed by atoms with Crippen LogP contribution in [-0.2, 0) is 9.59 Å². The first-order chi connectivity index (χ1) is 6.68. The van der Waals surface area contributed by atoms with Crippen molar-refractivity contribution in [1.29, 1.82) is 0 Å². The fourth-order valence-corrected chi connectivity index (χ4v) is 1.32. The molecule has 0 aliphatic heterocycles.